The highest BCUT2D eigenvalue weighted by Gasteiger charge is 2.35. The number of carboxylic acid groups (broad SMARTS) is 1. The summed E-state index contributed by atoms with van der Waals surface area (Å²) in [7, 11) is 0. The third-order valence-electron chi connectivity index (χ3n) is 2.74. The second kappa shape index (κ2) is 3.66. The molecule has 0 unspecified atom stereocenters. The lowest BCUT2D eigenvalue weighted by Gasteiger charge is -1.94. The van der Waals surface area contributed by atoms with Gasteiger partial charge < -0.3 is 9.63 Å². The van der Waals surface area contributed by atoms with Gasteiger partial charge in [-0.15, -0.1) is 11.3 Å². The standard InChI is InChI=1S/C11H10N2O3S/c1-5-12-7(4-17-5)9-8(11(14)15)10(16-13-9)6-2-3-6/h4,6H,2-3H2,1H3,(H,14,15). The van der Waals surface area contributed by atoms with Crippen LogP contribution in [0.5, 0.6) is 0 Å². The van der Waals surface area contributed by atoms with Crippen LogP contribution in [-0.4, -0.2) is 21.2 Å². The van der Waals surface area contributed by atoms with Crippen LogP contribution in [0.4, 0.5) is 0 Å². The summed E-state index contributed by atoms with van der Waals surface area (Å²) in [6, 6.07) is 0. The molecule has 5 nitrogen and oxygen atoms in total. The maximum absolute atomic E-state index is 11.3. The van der Waals surface area contributed by atoms with Crippen molar-refractivity contribution in [2.75, 3.05) is 0 Å². The average molecular weight is 250 g/mol. The first-order valence-corrected chi connectivity index (χ1v) is 6.20. The molecule has 0 radical (unpaired) electrons. The Morgan fingerprint density at radius 3 is 2.88 bits per heavy atom. The molecule has 1 saturated carbocycles. The number of aromatic nitrogens is 2. The summed E-state index contributed by atoms with van der Waals surface area (Å²) in [5.41, 5.74) is 1.11. The molecule has 1 aliphatic carbocycles. The molecule has 0 bridgehead atoms. The van der Waals surface area contributed by atoms with Gasteiger partial charge in [0.25, 0.3) is 0 Å². The molecule has 2 heterocycles. The molecule has 2 aromatic heterocycles. The van der Waals surface area contributed by atoms with E-state index in [-0.39, 0.29) is 11.5 Å². The van der Waals surface area contributed by atoms with Gasteiger partial charge in [-0.1, -0.05) is 5.16 Å². The van der Waals surface area contributed by atoms with Crippen LogP contribution in [0.25, 0.3) is 11.4 Å². The van der Waals surface area contributed by atoms with E-state index in [2.05, 4.69) is 10.1 Å². The molecule has 0 aromatic carbocycles. The van der Waals surface area contributed by atoms with Crippen molar-refractivity contribution in [1.82, 2.24) is 10.1 Å². The van der Waals surface area contributed by atoms with Crippen molar-refractivity contribution >= 4 is 17.3 Å². The Hall–Kier alpha value is -1.69. The van der Waals surface area contributed by atoms with E-state index in [1.165, 1.54) is 11.3 Å². The first-order valence-electron chi connectivity index (χ1n) is 5.32. The summed E-state index contributed by atoms with van der Waals surface area (Å²) >= 11 is 1.47. The van der Waals surface area contributed by atoms with Gasteiger partial charge in [-0.25, -0.2) is 9.78 Å². The van der Waals surface area contributed by atoms with Gasteiger partial charge in [0, 0.05) is 11.3 Å². The summed E-state index contributed by atoms with van der Waals surface area (Å²) in [6.07, 6.45) is 1.95. The van der Waals surface area contributed by atoms with E-state index in [1.807, 2.05) is 6.92 Å². The van der Waals surface area contributed by atoms with Crippen molar-refractivity contribution in [3.05, 3.63) is 21.7 Å². The minimum atomic E-state index is -0.992. The molecular weight excluding hydrogens is 240 g/mol. The number of carbonyl (C=O) groups is 1. The topological polar surface area (TPSA) is 76.2 Å². The first kappa shape index (κ1) is 10.5. The number of rotatable bonds is 3. The number of nitrogens with zero attached hydrogens (tertiary/aromatic N) is 2. The lowest BCUT2D eigenvalue weighted by atomic mass is 10.1. The SMILES string of the molecule is Cc1nc(-c2noc(C3CC3)c2C(=O)O)cs1. The monoisotopic (exact) mass is 250 g/mol. The third kappa shape index (κ3) is 1.74. The predicted octanol–water partition coefficient (Wildman–Crippen LogP) is 2.68. The van der Waals surface area contributed by atoms with Gasteiger partial charge in [0.15, 0.2) is 5.76 Å². The number of hydrogen-bond acceptors (Lipinski definition) is 5. The summed E-state index contributed by atoms with van der Waals surface area (Å²) in [4.78, 5) is 15.5. The van der Waals surface area contributed by atoms with Crippen molar-refractivity contribution in [1.29, 1.82) is 0 Å². The lowest BCUT2D eigenvalue weighted by Crippen LogP contribution is -2.00. The second-order valence-corrected chi connectivity index (χ2v) is 5.16. The normalized spacial score (nSPS) is 15.1. The Morgan fingerprint density at radius 1 is 1.59 bits per heavy atom. The molecule has 88 valence electrons. The van der Waals surface area contributed by atoms with Gasteiger partial charge in [-0.3, -0.25) is 0 Å². The van der Waals surface area contributed by atoms with E-state index in [9.17, 15) is 9.90 Å². The van der Waals surface area contributed by atoms with E-state index in [4.69, 9.17) is 4.52 Å². The molecule has 0 spiro atoms. The number of carboxylic acids is 1. The van der Waals surface area contributed by atoms with Gasteiger partial charge in [-0.05, 0) is 19.8 Å². The molecule has 0 saturated heterocycles. The highest BCUT2D eigenvalue weighted by Crippen LogP contribution is 2.43. The van der Waals surface area contributed by atoms with Crippen LogP contribution >= 0.6 is 11.3 Å². The average Bonchev–Trinajstić information content (AvgIpc) is 2.87. The first-order chi connectivity index (χ1) is 8.16. The molecule has 3 rings (SSSR count). The second-order valence-electron chi connectivity index (χ2n) is 4.10. The van der Waals surface area contributed by atoms with Crippen LogP contribution in [0.15, 0.2) is 9.90 Å². The van der Waals surface area contributed by atoms with Crippen LogP contribution in [-0.2, 0) is 0 Å². The van der Waals surface area contributed by atoms with E-state index in [0.717, 1.165) is 17.8 Å². The summed E-state index contributed by atoms with van der Waals surface area (Å²) < 4.78 is 5.18. The van der Waals surface area contributed by atoms with Gasteiger partial charge in [0.2, 0.25) is 0 Å². The van der Waals surface area contributed by atoms with Crippen molar-refractivity contribution in [2.24, 2.45) is 0 Å². The Kier molecular flexibility index (Phi) is 2.25. The quantitative estimate of drug-likeness (QED) is 0.906. The fourth-order valence-electron chi connectivity index (χ4n) is 1.78. The maximum Gasteiger partial charge on any atom is 0.341 e. The molecular formula is C11H10N2O3S. The molecule has 0 amide bonds. The molecule has 1 N–H and O–H groups in total. The lowest BCUT2D eigenvalue weighted by molar-refractivity contribution is 0.0695. The molecule has 1 aliphatic rings. The fourth-order valence-corrected chi connectivity index (χ4v) is 2.38. The Morgan fingerprint density at radius 2 is 2.35 bits per heavy atom. The zero-order valence-electron chi connectivity index (χ0n) is 9.14. The van der Waals surface area contributed by atoms with Gasteiger partial charge in [0.1, 0.15) is 17.0 Å². The Balaban J connectivity index is 2.13. The molecule has 0 atom stereocenters. The molecule has 17 heavy (non-hydrogen) atoms. The van der Waals surface area contributed by atoms with Crippen molar-refractivity contribution in [3.8, 4) is 11.4 Å². The van der Waals surface area contributed by atoms with Gasteiger partial charge in [-0.2, -0.15) is 0 Å². The number of thiazole rings is 1. The highest BCUT2D eigenvalue weighted by molar-refractivity contribution is 7.09. The van der Waals surface area contributed by atoms with Crippen molar-refractivity contribution < 1.29 is 14.4 Å². The van der Waals surface area contributed by atoms with E-state index in [0.29, 0.717) is 17.1 Å². The minimum absolute atomic E-state index is 0.179. The van der Waals surface area contributed by atoms with Crippen LogP contribution < -0.4 is 0 Å². The zero-order chi connectivity index (χ0) is 12.0. The van der Waals surface area contributed by atoms with Crippen LogP contribution in [0.1, 0.15) is 39.9 Å². The Bertz CT molecular complexity index is 583. The van der Waals surface area contributed by atoms with Gasteiger partial charge in [0.05, 0.1) is 5.01 Å². The number of hydrogen-bond donors (Lipinski definition) is 1. The number of aromatic carboxylic acids is 1. The van der Waals surface area contributed by atoms with Crippen molar-refractivity contribution in [3.63, 3.8) is 0 Å². The summed E-state index contributed by atoms with van der Waals surface area (Å²) in [5.74, 6) is -0.269. The molecule has 1 fully saturated rings. The minimum Gasteiger partial charge on any atom is -0.477 e. The largest absolute Gasteiger partial charge is 0.477 e. The van der Waals surface area contributed by atoms with Crippen LogP contribution in [0.3, 0.4) is 0 Å². The third-order valence-corrected chi connectivity index (χ3v) is 3.52. The van der Waals surface area contributed by atoms with Gasteiger partial charge >= 0.3 is 5.97 Å². The molecule has 0 aliphatic heterocycles. The highest BCUT2D eigenvalue weighted by atomic mass is 32.1. The number of aryl methyl sites for hydroxylation is 1. The van der Waals surface area contributed by atoms with Crippen molar-refractivity contribution in [2.45, 2.75) is 25.7 Å². The van der Waals surface area contributed by atoms with Crippen LogP contribution in [0.2, 0.25) is 0 Å². The van der Waals surface area contributed by atoms with Crippen LogP contribution in [0, 0.1) is 6.92 Å². The van der Waals surface area contributed by atoms with E-state index in [1.54, 1.807) is 5.38 Å². The predicted molar refractivity (Wildman–Crippen MR) is 61.3 cm³/mol. The van der Waals surface area contributed by atoms with E-state index >= 15 is 0 Å². The molecule has 6 heteroatoms. The summed E-state index contributed by atoms with van der Waals surface area (Å²) in [5, 5.41) is 15.8. The fraction of sp³-hybridized carbons (Fsp3) is 0.364. The smallest absolute Gasteiger partial charge is 0.341 e. The summed E-state index contributed by atoms with van der Waals surface area (Å²) in [6.45, 7) is 1.87. The molecule has 2 aromatic rings. The maximum atomic E-state index is 11.3. The van der Waals surface area contributed by atoms with E-state index < -0.39 is 5.97 Å². The zero-order valence-corrected chi connectivity index (χ0v) is 9.95. The Labute approximate surface area is 101 Å².